The van der Waals surface area contributed by atoms with Crippen molar-refractivity contribution in [2.24, 2.45) is 0 Å². The van der Waals surface area contributed by atoms with Gasteiger partial charge in [0.25, 0.3) is 0 Å². The fourth-order valence-corrected chi connectivity index (χ4v) is 4.10. The number of aromatic nitrogens is 3. The van der Waals surface area contributed by atoms with E-state index in [-0.39, 0.29) is 0 Å². The lowest BCUT2D eigenvalue weighted by atomic mass is 9.94. The first kappa shape index (κ1) is 15.2. The molecule has 1 heterocycles. The number of benzene rings is 5. The van der Waals surface area contributed by atoms with Crippen molar-refractivity contribution in [2.75, 3.05) is 0 Å². The van der Waals surface area contributed by atoms with Crippen molar-refractivity contribution in [3.63, 3.8) is 0 Å². The van der Waals surface area contributed by atoms with Crippen LogP contribution in [-0.2, 0) is 0 Å². The quantitative estimate of drug-likeness (QED) is 0.262. The van der Waals surface area contributed by atoms with Gasteiger partial charge in [0.05, 0.1) is 0 Å². The van der Waals surface area contributed by atoms with E-state index >= 15 is 0 Å². The molecular weight excluding hydrogens is 342 g/mol. The van der Waals surface area contributed by atoms with Crippen LogP contribution < -0.4 is 0 Å². The van der Waals surface area contributed by atoms with Gasteiger partial charge >= 0.3 is 0 Å². The first-order chi connectivity index (χ1) is 13.9. The van der Waals surface area contributed by atoms with E-state index in [0.29, 0.717) is 5.82 Å². The Morgan fingerprint density at radius 1 is 0.464 bits per heavy atom. The summed E-state index contributed by atoms with van der Waals surface area (Å²) in [6.07, 6.45) is 3.09. The minimum Gasteiger partial charge on any atom is -0.225 e. The van der Waals surface area contributed by atoms with Crippen LogP contribution in [0.3, 0.4) is 0 Å². The van der Waals surface area contributed by atoms with Crippen LogP contribution in [0.4, 0.5) is 0 Å². The number of hydrogen-bond donors (Lipinski definition) is 0. The molecule has 0 aliphatic heterocycles. The second-order valence-corrected chi connectivity index (χ2v) is 7.05. The second kappa shape index (κ2) is 5.83. The molecule has 0 bridgehead atoms. The average molecular weight is 357 g/mol. The molecule has 0 aliphatic rings. The Kier molecular flexibility index (Phi) is 3.17. The largest absolute Gasteiger partial charge is 0.225 e. The summed E-state index contributed by atoms with van der Waals surface area (Å²) in [5.74, 6) is 0.700. The lowest BCUT2D eigenvalue weighted by Crippen LogP contribution is -1.90. The monoisotopic (exact) mass is 357 g/mol. The van der Waals surface area contributed by atoms with Crippen molar-refractivity contribution in [2.45, 2.75) is 0 Å². The van der Waals surface area contributed by atoms with E-state index in [1.54, 1.807) is 12.7 Å². The molecule has 0 aliphatic carbocycles. The topological polar surface area (TPSA) is 38.7 Å². The third-order valence-electron chi connectivity index (χ3n) is 5.44. The molecule has 6 aromatic rings. The Balaban J connectivity index is 1.75. The van der Waals surface area contributed by atoms with Crippen LogP contribution in [0.25, 0.3) is 54.5 Å². The van der Waals surface area contributed by atoms with E-state index in [9.17, 15) is 0 Å². The maximum Gasteiger partial charge on any atom is 0.163 e. The van der Waals surface area contributed by atoms with Gasteiger partial charge in [0.15, 0.2) is 5.82 Å². The minimum absolute atomic E-state index is 0.700. The fourth-order valence-electron chi connectivity index (χ4n) is 4.10. The van der Waals surface area contributed by atoms with Crippen molar-refractivity contribution in [3.05, 3.63) is 91.5 Å². The Morgan fingerprint density at radius 3 is 1.86 bits per heavy atom. The lowest BCUT2D eigenvalue weighted by molar-refractivity contribution is 1.06. The summed E-state index contributed by atoms with van der Waals surface area (Å²) in [4.78, 5) is 12.7. The van der Waals surface area contributed by atoms with Crippen LogP contribution in [0, 0.1) is 0 Å². The molecule has 0 spiro atoms. The van der Waals surface area contributed by atoms with Crippen LogP contribution in [0.2, 0.25) is 0 Å². The van der Waals surface area contributed by atoms with Crippen LogP contribution in [0.5, 0.6) is 0 Å². The molecule has 6 rings (SSSR count). The zero-order valence-electron chi connectivity index (χ0n) is 15.0. The van der Waals surface area contributed by atoms with Crippen LogP contribution in [0.1, 0.15) is 0 Å². The van der Waals surface area contributed by atoms with Gasteiger partial charge in [-0.1, -0.05) is 54.6 Å². The van der Waals surface area contributed by atoms with Gasteiger partial charge in [-0.05, 0) is 67.4 Å². The van der Waals surface area contributed by atoms with E-state index < -0.39 is 0 Å². The minimum atomic E-state index is 0.700. The summed E-state index contributed by atoms with van der Waals surface area (Å²) < 4.78 is 0. The molecule has 0 atom stereocenters. The Hall–Kier alpha value is -3.85. The van der Waals surface area contributed by atoms with E-state index in [1.807, 2.05) is 0 Å². The summed E-state index contributed by atoms with van der Waals surface area (Å²) in [5.41, 5.74) is 1.03. The van der Waals surface area contributed by atoms with Gasteiger partial charge in [-0.2, -0.15) is 0 Å². The van der Waals surface area contributed by atoms with Gasteiger partial charge < -0.3 is 0 Å². The summed E-state index contributed by atoms with van der Waals surface area (Å²) >= 11 is 0. The van der Waals surface area contributed by atoms with Gasteiger partial charge in [-0.3, -0.25) is 0 Å². The summed E-state index contributed by atoms with van der Waals surface area (Å²) in [6.45, 7) is 0. The summed E-state index contributed by atoms with van der Waals surface area (Å²) in [6, 6.07) is 28.3. The molecule has 0 unspecified atom stereocenters. The van der Waals surface area contributed by atoms with Gasteiger partial charge in [0.1, 0.15) is 12.7 Å². The highest BCUT2D eigenvalue weighted by Gasteiger charge is 2.09. The Bertz CT molecular complexity index is 1500. The van der Waals surface area contributed by atoms with Crippen LogP contribution in [0.15, 0.2) is 91.5 Å². The van der Waals surface area contributed by atoms with E-state index in [4.69, 9.17) is 0 Å². The van der Waals surface area contributed by atoms with Gasteiger partial charge in [0.2, 0.25) is 0 Å². The highest BCUT2D eigenvalue weighted by Crippen LogP contribution is 2.35. The summed E-state index contributed by atoms with van der Waals surface area (Å²) in [5, 5.41) is 9.87. The molecule has 1 aromatic heterocycles. The lowest BCUT2D eigenvalue weighted by Gasteiger charge is -2.10. The number of rotatable bonds is 1. The van der Waals surface area contributed by atoms with Crippen molar-refractivity contribution in [1.82, 2.24) is 15.0 Å². The van der Waals surface area contributed by atoms with Crippen LogP contribution in [-0.4, -0.2) is 15.0 Å². The highest BCUT2D eigenvalue weighted by atomic mass is 15.0. The molecule has 3 heteroatoms. The van der Waals surface area contributed by atoms with Crippen molar-refractivity contribution < 1.29 is 0 Å². The third kappa shape index (κ3) is 2.26. The SMILES string of the molecule is c1ccc2cc3c(ccc4cc5cccc(-c6ncncn6)c5cc43)cc2c1. The zero-order valence-corrected chi connectivity index (χ0v) is 15.0. The molecule has 0 fully saturated rings. The van der Waals surface area contributed by atoms with E-state index in [0.717, 1.165) is 10.9 Å². The molecule has 0 amide bonds. The smallest absolute Gasteiger partial charge is 0.163 e. The molecule has 0 saturated carbocycles. The molecule has 130 valence electrons. The molecule has 3 nitrogen and oxygen atoms in total. The number of hydrogen-bond acceptors (Lipinski definition) is 3. The van der Waals surface area contributed by atoms with Crippen molar-refractivity contribution in [1.29, 1.82) is 0 Å². The maximum atomic E-state index is 4.36. The predicted molar refractivity (Wildman–Crippen MR) is 115 cm³/mol. The fraction of sp³-hybridized carbons (Fsp3) is 0. The summed E-state index contributed by atoms with van der Waals surface area (Å²) in [7, 11) is 0. The predicted octanol–water partition coefficient (Wildman–Crippen LogP) is 6.15. The molecule has 5 aromatic carbocycles. The van der Waals surface area contributed by atoms with Gasteiger partial charge in [0, 0.05) is 5.56 Å². The third-order valence-corrected chi connectivity index (χ3v) is 5.44. The molecular formula is C25H15N3. The standard InChI is InChI=1S/C25H15N3/c1-2-5-17-12-22-19(10-16(17)4-1)8-9-20-11-18-6-3-7-21(23(18)13-24(20)22)25-27-14-26-15-28-25/h1-15H. The Morgan fingerprint density at radius 2 is 1.07 bits per heavy atom. The van der Waals surface area contributed by atoms with E-state index in [2.05, 4.69) is 93.8 Å². The maximum absolute atomic E-state index is 4.36. The number of nitrogens with zero attached hydrogens (tertiary/aromatic N) is 3. The van der Waals surface area contributed by atoms with Crippen LogP contribution >= 0.6 is 0 Å². The van der Waals surface area contributed by atoms with Gasteiger partial charge in [-0.25, -0.2) is 15.0 Å². The van der Waals surface area contributed by atoms with E-state index in [1.165, 1.54) is 37.7 Å². The number of fused-ring (bicyclic) bond motifs is 5. The van der Waals surface area contributed by atoms with Crippen molar-refractivity contribution >= 4 is 43.1 Å². The zero-order chi connectivity index (χ0) is 18.5. The Labute approximate surface area is 161 Å². The average Bonchev–Trinajstić information content (AvgIpc) is 2.76. The highest BCUT2D eigenvalue weighted by molar-refractivity contribution is 6.16. The first-order valence-electron chi connectivity index (χ1n) is 9.27. The molecule has 0 saturated heterocycles. The molecule has 0 N–H and O–H groups in total. The molecule has 28 heavy (non-hydrogen) atoms. The molecule has 0 radical (unpaired) electrons. The normalized spacial score (nSPS) is 11.6. The van der Waals surface area contributed by atoms with Crippen molar-refractivity contribution in [3.8, 4) is 11.4 Å². The first-order valence-corrected chi connectivity index (χ1v) is 9.27. The second-order valence-electron chi connectivity index (χ2n) is 7.05. The van der Waals surface area contributed by atoms with Gasteiger partial charge in [-0.15, -0.1) is 0 Å².